The summed E-state index contributed by atoms with van der Waals surface area (Å²) in [5, 5.41) is 7.03. The molecule has 1 saturated carbocycles. The Kier molecular flexibility index (Phi) is 4.65. The smallest absolute Gasteiger partial charge is 0.337 e. The zero-order chi connectivity index (χ0) is 18.0. The zero-order valence-electron chi connectivity index (χ0n) is 14.1. The molecule has 0 aliphatic heterocycles. The average Bonchev–Trinajstić information content (AvgIpc) is 3.46. The summed E-state index contributed by atoms with van der Waals surface area (Å²) in [6, 6.07) is 8.82. The molecule has 2 aromatic rings. The van der Waals surface area contributed by atoms with Crippen molar-refractivity contribution >= 4 is 17.6 Å². The number of nitrogens with zero attached hydrogens (tertiary/aromatic N) is 2. The highest BCUT2D eigenvalue weighted by atomic mass is 16.5. The SMILES string of the molecule is COC(=O)c1cccc(NC(=O)[C@@H](C)n2nc(C3CC3)ccc2=O)c1. The van der Waals surface area contributed by atoms with E-state index in [1.807, 2.05) is 0 Å². The molecule has 0 unspecified atom stereocenters. The number of esters is 1. The summed E-state index contributed by atoms with van der Waals surface area (Å²) < 4.78 is 5.86. The number of carbonyl (C=O) groups is 2. The number of ether oxygens (including phenoxy) is 1. The molecular formula is C18H19N3O4. The lowest BCUT2D eigenvalue weighted by molar-refractivity contribution is -0.119. The molecule has 1 N–H and O–H groups in total. The number of aromatic nitrogens is 2. The minimum absolute atomic E-state index is 0.324. The second kappa shape index (κ2) is 6.88. The van der Waals surface area contributed by atoms with Crippen LogP contribution in [0.25, 0.3) is 0 Å². The Morgan fingerprint density at radius 2 is 2.04 bits per heavy atom. The number of hydrogen-bond donors (Lipinski definition) is 1. The van der Waals surface area contributed by atoms with E-state index < -0.39 is 12.0 Å². The predicted octanol–water partition coefficient (Wildman–Crippen LogP) is 2.11. The van der Waals surface area contributed by atoms with Crippen molar-refractivity contribution in [3.8, 4) is 0 Å². The zero-order valence-corrected chi connectivity index (χ0v) is 14.1. The summed E-state index contributed by atoms with van der Waals surface area (Å²) in [6.45, 7) is 1.62. The summed E-state index contributed by atoms with van der Waals surface area (Å²) in [5.41, 5.74) is 1.30. The Hall–Kier alpha value is -2.96. The molecule has 1 aromatic carbocycles. The quantitative estimate of drug-likeness (QED) is 0.841. The van der Waals surface area contributed by atoms with Crippen molar-refractivity contribution < 1.29 is 14.3 Å². The standard InChI is InChI=1S/C18H19N3O4/c1-11(21-16(22)9-8-15(20-21)12-6-7-12)17(23)19-14-5-3-4-13(10-14)18(24)25-2/h3-5,8-12H,6-7H2,1-2H3,(H,19,23)/t11-/m1/s1. The van der Waals surface area contributed by atoms with E-state index in [2.05, 4.69) is 15.2 Å². The number of hydrogen-bond acceptors (Lipinski definition) is 5. The molecule has 0 spiro atoms. The number of rotatable bonds is 5. The van der Waals surface area contributed by atoms with E-state index in [4.69, 9.17) is 0 Å². The van der Waals surface area contributed by atoms with Gasteiger partial charge in [-0.3, -0.25) is 9.59 Å². The van der Waals surface area contributed by atoms with Crippen molar-refractivity contribution in [1.82, 2.24) is 9.78 Å². The van der Waals surface area contributed by atoms with Crippen molar-refractivity contribution in [2.75, 3.05) is 12.4 Å². The Labute approximate surface area is 144 Å². The molecule has 7 heteroatoms. The van der Waals surface area contributed by atoms with Crippen LogP contribution < -0.4 is 10.9 Å². The van der Waals surface area contributed by atoms with Gasteiger partial charge in [-0.2, -0.15) is 5.10 Å². The predicted molar refractivity (Wildman–Crippen MR) is 91.6 cm³/mol. The van der Waals surface area contributed by atoms with Crippen LogP contribution in [-0.4, -0.2) is 28.8 Å². The highest BCUT2D eigenvalue weighted by molar-refractivity contribution is 5.96. The summed E-state index contributed by atoms with van der Waals surface area (Å²) in [6.07, 6.45) is 2.12. The first-order valence-electron chi connectivity index (χ1n) is 8.08. The van der Waals surface area contributed by atoms with Gasteiger partial charge < -0.3 is 10.1 Å². The molecule has 1 aliphatic rings. The lowest BCUT2D eigenvalue weighted by Crippen LogP contribution is -2.33. The van der Waals surface area contributed by atoms with Crippen molar-refractivity contribution in [3.05, 3.63) is 58.0 Å². The molecule has 1 atom stereocenters. The maximum atomic E-state index is 12.5. The average molecular weight is 341 g/mol. The van der Waals surface area contributed by atoms with E-state index in [9.17, 15) is 14.4 Å². The van der Waals surface area contributed by atoms with E-state index in [1.54, 1.807) is 31.2 Å². The summed E-state index contributed by atoms with van der Waals surface area (Å²) in [7, 11) is 1.29. The molecule has 1 heterocycles. The lowest BCUT2D eigenvalue weighted by atomic mass is 10.2. The van der Waals surface area contributed by atoms with E-state index in [0.29, 0.717) is 17.2 Å². The molecule has 0 radical (unpaired) electrons. The molecule has 25 heavy (non-hydrogen) atoms. The van der Waals surface area contributed by atoms with Gasteiger partial charge >= 0.3 is 5.97 Å². The van der Waals surface area contributed by atoms with Crippen molar-refractivity contribution in [2.24, 2.45) is 0 Å². The van der Waals surface area contributed by atoms with Gasteiger partial charge in [0.1, 0.15) is 6.04 Å². The first-order valence-corrected chi connectivity index (χ1v) is 8.08. The minimum Gasteiger partial charge on any atom is -0.465 e. The summed E-state index contributed by atoms with van der Waals surface area (Å²) in [4.78, 5) is 36.1. The van der Waals surface area contributed by atoms with Crippen LogP contribution >= 0.6 is 0 Å². The Morgan fingerprint density at radius 3 is 2.72 bits per heavy atom. The molecular weight excluding hydrogens is 322 g/mol. The maximum Gasteiger partial charge on any atom is 0.337 e. The van der Waals surface area contributed by atoms with E-state index in [-0.39, 0.29) is 11.5 Å². The van der Waals surface area contributed by atoms with Crippen LogP contribution in [0.2, 0.25) is 0 Å². The van der Waals surface area contributed by atoms with Gasteiger partial charge in [-0.25, -0.2) is 9.48 Å². The fraction of sp³-hybridized carbons (Fsp3) is 0.333. The number of anilines is 1. The molecule has 0 bridgehead atoms. The fourth-order valence-electron chi connectivity index (χ4n) is 2.51. The van der Waals surface area contributed by atoms with Crippen LogP contribution in [0.5, 0.6) is 0 Å². The van der Waals surface area contributed by atoms with Gasteiger partial charge in [0.15, 0.2) is 0 Å². The van der Waals surface area contributed by atoms with Crippen LogP contribution in [0.1, 0.15) is 47.8 Å². The second-order valence-corrected chi connectivity index (χ2v) is 6.05. The van der Waals surface area contributed by atoms with Gasteiger partial charge in [-0.05, 0) is 44.0 Å². The Morgan fingerprint density at radius 1 is 1.28 bits per heavy atom. The molecule has 0 saturated heterocycles. The molecule has 1 aromatic heterocycles. The van der Waals surface area contributed by atoms with Crippen LogP contribution in [-0.2, 0) is 9.53 Å². The van der Waals surface area contributed by atoms with Crippen LogP contribution in [0, 0.1) is 0 Å². The lowest BCUT2D eigenvalue weighted by Gasteiger charge is -2.15. The fourth-order valence-corrected chi connectivity index (χ4v) is 2.51. The van der Waals surface area contributed by atoms with E-state index >= 15 is 0 Å². The number of nitrogens with one attached hydrogen (secondary N) is 1. The third-order valence-electron chi connectivity index (χ3n) is 4.14. The number of benzene rings is 1. The van der Waals surface area contributed by atoms with Crippen LogP contribution in [0.3, 0.4) is 0 Å². The number of carbonyl (C=O) groups excluding carboxylic acids is 2. The molecule has 7 nitrogen and oxygen atoms in total. The molecule has 130 valence electrons. The highest BCUT2D eigenvalue weighted by Gasteiger charge is 2.27. The Balaban J connectivity index is 1.78. The van der Waals surface area contributed by atoms with E-state index in [1.165, 1.54) is 23.9 Å². The van der Waals surface area contributed by atoms with E-state index in [0.717, 1.165) is 18.5 Å². The normalized spacial score (nSPS) is 14.6. The molecule has 1 aliphatic carbocycles. The third-order valence-corrected chi connectivity index (χ3v) is 4.14. The number of amides is 1. The largest absolute Gasteiger partial charge is 0.465 e. The highest BCUT2D eigenvalue weighted by Crippen LogP contribution is 2.38. The van der Waals surface area contributed by atoms with Gasteiger partial charge in [0.05, 0.1) is 18.4 Å². The van der Waals surface area contributed by atoms with Gasteiger partial charge in [-0.15, -0.1) is 0 Å². The van der Waals surface area contributed by atoms with Crippen molar-refractivity contribution in [1.29, 1.82) is 0 Å². The summed E-state index contributed by atoms with van der Waals surface area (Å²) >= 11 is 0. The first kappa shape index (κ1) is 16.9. The van der Waals surface area contributed by atoms with Gasteiger partial charge in [0.25, 0.3) is 5.56 Å². The molecule has 1 fully saturated rings. The number of methoxy groups -OCH3 is 1. The van der Waals surface area contributed by atoms with Crippen molar-refractivity contribution in [3.63, 3.8) is 0 Å². The second-order valence-electron chi connectivity index (χ2n) is 6.05. The third kappa shape index (κ3) is 3.76. The van der Waals surface area contributed by atoms with Gasteiger partial charge in [0.2, 0.25) is 5.91 Å². The molecule has 1 amide bonds. The van der Waals surface area contributed by atoms with Crippen LogP contribution in [0.4, 0.5) is 5.69 Å². The van der Waals surface area contributed by atoms with Gasteiger partial charge in [0, 0.05) is 17.7 Å². The monoisotopic (exact) mass is 341 g/mol. The maximum absolute atomic E-state index is 12.5. The van der Waals surface area contributed by atoms with Crippen molar-refractivity contribution in [2.45, 2.75) is 31.7 Å². The van der Waals surface area contributed by atoms with Crippen LogP contribution in [0.15, 0.2) is 41.2 Å². The summed E-state index contributed by atoms with van der Waals surface area (Å²) in [5.74, 6) is -0.484. The topological polar surface area (TPSA) is 90.3 Å². The Bertz CT molecular complexity index is 871. The molecule has 3 rings (SSSR count). The van der Waals surface area contributed by atoms with Gasteiger partial charge in [-0.1, -0.05) is 6.07 Å². The first-order chi connectivity index (χ1) is 12.0. The minimum atomic E-state index is -0.770.